The van der Waals surface area contributed by atoms with Gasteiger partial charge in [-0.2, -0.15) is 5.26 Å². The van der Waals surface area contributed by atoms with E-state index in [0.717, 1.165) is 9.88 Å². The van der Waals surface area contributed by atoms with Crippen LogP contribution in [0.25, 0.3) is 0 Å². The van der Waals surface area contributed by atoms with Crippen molar-refractivity contribution in [2.75, 3.05) is 0 Å². The predicted octanol–water partition coefficient (Wildman–Crippen LogP) is 2.81. The molecule has 3 nitrogen and oxygen atoms in total. The number of benzene rings is 1. The standard InChI is InChI=1S/C13H13N3S/c1-10-8-16-13(17-10)12(7-14)15-9-11-5-3-2-4-6-11/h2-6,8,12,15H,9H2,1H3. The number of nitrogens with one attached hydrogen (secondary N) is 1. The number of thiazole rings is 1. The molecule has 0 radical (unpaired) electrons. The maximum Gasteiger partial charge on any atom is 0.148 e. The zero-order valence-corrected chi connectivity index (χ0v) is 10.4. The van der Waals surface area contributed by atoms with Crippen LogP contribution in [-0.4, -0.2) is 4.98 Å². The van der Waals surface area contributed by atoms with Gasteiger partial charge >= 0.3 is 0 Å². The lowest BCUT2D eigenvalue weighted by Gasteiger charge is -2.08. The van der Waals surface area contributed by atoms with Crippen molar-refractivity contribution < 1.29 is 0 Å². The Bertz CT molecular complexity index is 513. The van der Waals surface area contributed by atoms with Crippen LogP contribution >= 0.6 is 11.3 Å². The molecule has 17 heavy (non-hydrogen) atoms. The first-order valence-electron chi connectivity index (χ1n) is 5.39. The highest BCUT2D eigenvalue weighted by atomic mass is 32.1. The largest absolute Gasteiger partial charge is 0.292 e. The van der Waals surface area contributed by atoms with Crippen LogP contribution in [0.1, 0.15) is 21.5 Å². The average molecular weight is 243 g/mol. The SMILES string of the molecule is Cc1cnc(C(C#N)NCc2ccccc2)s1. The fourth-order valence-electron chi connectivity index (χ4n) is 1.51. The van der Waals surface area contributed by atoms with Crippen LogP contribution in [-0.2, 0) is 6.54 Å². The summed E-state index contributed by atoms with van der Waals surface area (Å²) < 4.78 is 0. The normalized spacial score (nSPS) is 12.0. The molecule has 0 aliphatic carbocycles. The molecule has 0 aliphatic rings. The maximum absolute atomic E-state index is 9.12. The second-order valence-corrected chi connectivity index (χ2v) is 5.00. The second-order valence-electron chi connectivity index (χ2n) is 3.74. The molecule has 1 aromatic heterocycles. The molecule has 1 aromatic carbocycles. The molecule has 0 aliphatic heterocycles. The zero-order chi connectivity index (χ0) is 12.1. The van der Waals surface area contributed by atoms with Gasteiger partial charge in [-0.3, -0.25) is 5.32 Å². The molecule has 2 rings (SSSR count). The maximum atomic E-state index is 9.12. The van der Waals surface area contributed by atoms with Crippen molar-refractivity contribution in [2.24, 2.45) is 0 Å². The minimum Gasteiger partial charge on any atom is -0.292 e. The van der Waals surface area contributed by atoms with Crippen molar-refractivity contribution in [1.82, 2.24) is 10.3 Å². The van der Waals surface area contributed by atoms with E-state index in [-0.39, 0.29) is 6.04 Å². The summed E-state index contributed by atoms with van der Waals surface area (Å²) in [6.45, 7) is 2.67. The van der Waals surface area contributed by atoms with Gasteiger partial charge in [0.1, 0.15) is 11.0 Å². The molecule has 1 heterocycles. The summed E-state index contributed by atoms with van der Waals surface area (Å²) in [5.74, 6) is 0. The van der Waals surface area contributed by atoms with Gasteiger partial charge < -0.3 is 0 Å². The van der Waals surface area contributed by atoms with E-state index >= 15 is 0 Å². The molecular weight excluding hydrogens is 230 g/mol. The summed E-state index contributed by atoms with van der Waals surface area (Å²) >= 11 is 1.56. The van der Waals surface area contributed by atoms with Crippen LogP contribution in [0, 0.1) is 18.3 Å². The molecule has 0 saturated heterocycles. The minimum atomic E-state index is -0.325. The number of nitriles is 1. The van der Waals surface area contributed by atoms with Crippen molar-refractivity contribution in [3.05, 3.63) is 52.0 Å². The smallest absolute Gasteiger partial charge is 0.148 e. The molecule has 1 unspecified atom stereocenters. The average Bonchev–Trinajstić information content (AvgIpc) is 2.78. The van der Waals surface area contributed by atoms with Crippen LogP contribution in [0.4, 0.5) is 0 Å². The first kappa shape index (κ1) is 11.8. The van der Waals surface area contributed by atoms with E-state index in [2.05, 4.69) is 16.4 Å². The van der Waals surface area contributed by atoms with E-state index in [9.17, 15) is 0 Å². The van der Waals surface area contributed by atoms with Gasteiger partial charge in [0.2, 0.25) is 0 Å². The lowest BCUT2D eigenvalue weighted by atomic mass is 10.2. The molecule has 0 amide bonds. The summed E-state index contributed by atoms with van der Waals surface area (Å²) in [5.41, 5.74) is 1.17. The van der Waals surface area contributed by atoms with Crippen molar-refractivity contribution >= 4 is 11.3 Å². The minimum absolute atomic E-state index is 0.325. The van der Waals surface area contributed by atoms with E-state index in [1.165, 1.54) is 5.56 Å². The Morgan fingerprint density at radius 2 is 2.18 bits per heavy atom. The van der Waals surface area contributed by atoms with Gasteiger partial charge in [-0.05, 0) is 12.5 Å². The van der Waals surface area contributed by atoms with E-state index in [1.54, 1.807) is 17.5 Å². The third-order valence-corrected chi connectivity index (χ3v) is 3.35. The Kier molecular flexibility index (Phi) is 3.86. The fourth-order valence-corrected chi connectivity index (χ4v) is 2.30. The Hall–Kier alpha value is -1.70. The molecule has 0 fully saturated rings. The Balaban J connectivity index is 2.00. The van der Waals surface area contributed by atoms with Gasteiger partial charge in [-0.1, -0.05) is 30.3 Å². The number of rotatable bonds is 4. The first-order chi connectivity index (χ1) is 8.29. The van der Waals surface area contributed by atoms with Gasteiger partial charge in [0.15, 0.2) is 0 Å². The quantitative estimate of drug-likeness (QED) is 0.898. The van der Waals surface area contributed by atoms with Crippen LogP contribution < -0.4 is 5.32 Å². The van der Waals surface area contributed by atoms with Gasteiger partial charge in [0, 0.05) is 17.6 Å². The van der Waals surface area contributed by atoms with Crippen molar-refractivity contribution in [1.29, 1.82) is 5.26 Å². The number of hydrogen-bond donors (Lipinski definition) is 1. The third kappa shape index (κ3) is 3.13. The topological polar surface area (TPSA) is 48.7 Å². The van der Waals surface area contributed by atoms with Crippen LogP contribution in [0.5, 0.6) is 0 Å². The molecule has 0 saturated carbocycles. The number of aryl methyl sites for hydroxylation is 1. The molecule has 2 aromatic rings. The zero-order valence-electron chi connectivity index (χ0n) is 9.55. The van der Waals surface area contributed by atoms with Crippen molar-refractivity contribution in [3.63, 3.8) is 0 Å². The molecule has 1 N–H and O–H groups in total. The predicted molar refractivity (Wildman–Crippen MR) is 68.5 cm³/mol. The highest BCUT2D eigenvalue weighted by Crippen LogP contribution is 2.19. The Morgan fingerprint density at radius 3 is 2.76 bits per heavy atom. The summed E-state index contributed by atoms with van der Waals surface area (Å²) in [6, 6.07) is 12.0. The molecule has 86 valence electrons. The molecule has 4 heteroatoms. The van der Waals surface area contributed by atoms with Gasteiger partial charge in [0.25, 0.3) is 0 Å². The third-order valence-electron chi connectivity index (χ3n) is 2.37. The molecule has 1 atom stereocenters. The fraction of sp³-hybridized carbons (Fsp3) is 0.231. The first-order valence-corrected chi connectivity index (χ1v) is 6.20. The Labute approximate surface area is 105 Å². The number of hydrogen-bond acceptors (Lipinski definition) is 4. The summed E-state index contributed by atoms with van der Waals surface area (Å²) in [5, 5.41) is 13.2. The van der Waals surface area contributed by atoms with Crippen LogP contribution in [0.3, 0.4) is 0 Å². The van der Waals surface area contributed by atoms with E-state index < -0.39 is 0 Å². The highest BCUT2D eigenvalue weighted by Gasteiger charge is 2.13. The molecule has 0 spiro atoms. The summed E-state index contributed by atoms with van der Waals surface area (Å²) in [4.78, 5) is 5.36. The molecular formula is C13H13N3S. The van der Waals surface area contributed by atoms with E-state index in [1.807, 2.05) is 37.3 Å². The highest BCUT2D eigenvalue weighted by molar-refractivity contribution is 7.11. The lowest BCUT2D eigenvalue weighted by molar-refractivity contribution is 0.627. The van der Waals surface area contributed by atoms with Crippen molar-refractivity contribution in [2.45, 2.75) is 19.5 Å². The number of nitrogens with zero attached hydrogens (tertiary/aromatic N) is 2. The lowest BCUT2D eigenvalue weighted by Crippen LogP contribution is -2.19. The number of aromatic nitrogens is 1. The monoisotopic (exact) mass is 243 g/mol. The molecule has 0 bridgehead atoms. The second kappa shape index (κ2) is 5.58. The van der Waals surface area contributed by atoms with Crippen LogP contribution in [0.15, 0.2) is 36.5 Å². The van der Waals surface area contributed by atoms with Crippen LogP contribution in [0.2, 0.25) is 0 Å². The summed E-state index contributed by atoms with van der Waals surface area (Å²) in [6.07, 6.45) is 1.80. The van der Waals surface area contributed by atoms with E-state index in [0.29, 0.717) is 6.54 Å². The van der Waals surface area contributed by atoms with E-state index in [4.69, 9.17) is 5.26 Å². The van der Waals surface area contributed by atoms with Gasteiger partial charge in [-0.15, -0.1) is 11.3 Å². The van der Waals surface area contributed by atoms with Crippen molar-refractivity contribution in [3.8, 4) is 6.07 Å². The van der Waals surface area contributed by atoms with Gasteiger partial charge in [0.05, 0.1) is 6.07 Å². The summed E-state index contributed by atoms with van der Waals surface area (Å²) in [7, 11) is 0. The Morgan fingerprint density at radius 1 is 1.41 bits per heavy atom. The van der Waals surface area contributed by atoms with Gasteiger partial charge in [-0.25, -0.2) is 4.98 Å².